The van der Waals surface area contributed by atoms with Crippen molar-refractivity contribution in [2.45, 2.75) is 13.8 Å². The Labute approximate surface area is 162 Å². The first-order valence-corrected chi connectivity index (χ1v) is 13.2. The number of hydrogen-bond acceptors (Lipinski definition) is 0. The van der Waals surface area contributed by atoms with Crippen molar-refractivity contribution in [3.63, 3.8) is 0 Å². The van der Waals surface area contributed by atoms with Crippen molar-refractivity contribution in [3.8, 4) is 0 Å². The molecule has 0 saturated heterocycles. The Kier molecular flexibility index (Phi) is 5.25. The van der Waals surface area contributed by atoms with Crippen LogP contribution in [0.4, 0.5) is 0 Å². The summed E-state index contributed by atoms with van der Waals surface area (Å²) >= 11 is -1.41. The Bertz CT molecular complexity index is 904. The van der Waals surface area contributed by atoms with E-state index in [4.69, 9.17) is 0 Å². The number of allylic oxidation sites excluding steroid dienone is 2. The maximum absolute atomic E-state index is 2.59. The van der Waals surface area contributed by atoms with E-state index in [-0.39, 0.29) is 0 Å². The van der Waals surface area contributed by atoms with E-state index < -0.39 is 22.6 Å². The summed E-state index contributed by atoms with van der Waals surface area (Å²) in [4.78, 5) is 2.59. The average molecular weight is 416 g/mol. The Hall–Kier alpha value is -1.87. The van der Waals surface area contributed by atoms with Crippen molar-refractivity contribution in [3.05, 3.63) is 111 Å². The van der Waals surface area contributed by atoms with Crippen LogP contribution >= 0.6 is 7.92 Å². The molecule has 3 aromatic rings. The van der Waals surface area contributed by atoms with Crippen molar-refractivity contribution in [2.75, 3.05) is 0 Å². The minimum atomic E-state index is -1.41. The van der Waals surface area contributed by atoms with Crippen LogP contribution in [0.2, 0.25) is 0 Å². The summed E-state index contributed by atoms with van der Waals surface area (Å²) < 4.78 is 3.25. The first-order chi connectivity index (χ1) is 12.8. The summed E-state index contributed by atoms with van der Waals surface area (Å²) in [6.07, 6.45) is 0. The quantitative estimate of drug-likeness (QED) is 0.422. The van der Waals surface area contributed by atoms with Gasteiger partial charge in [0.05, 0.1) is 0 Å². The molecule has 0 fully saturated rings. The molecule has 0 amide bonds. The molecule has 1 atom stereocenters. The SMILES string of the molecule is CC1=C[As](c2ccccc2)C(P(c2ccccc2)c2ccccc2)=C1C. The van der Waals surface area contributed by atoms with Gasteiger partial charge in [-0.25, -0.2) is 0 Å². The minimum absolute atomic E-state index is 0.489. The molecule has 1 aliphatic heterocycles. The van der Waals surface area contributed by atoms with E-state index in [1.807, 2.05) is 0 Å². The average Bonchev–Trinajstić information content (AvgIpc) is 3.00. The molecular weight excluding hydrogens is 394 g/mol. The van der Waals surface area contributed by atoms with Crippen LogP contribution in [0.3, 0.4) is 0 Å². The molecule has 0 N–H and O–H groups in total. The normalized spacial score (nSPS) is 16.9. The second-order valence-corrected chi connectivity index (χ2v) is 13.5. The molecular formula is C24H22AsP. The van der Waals surface area contributed by atoms with Crippen LogP contribution in [0.15, 0.2) is 111 Å². The molecule has 1 aliphatic rings. The van der Waals surface area contributed by atoms with Crippen LogP contribution in [0, 0.1) is 0 Å². The van der Waals surface area contributed by atoms with E-state index in [9.17, 15) is 0 Å². The van der Waals surface area contributed by atoms with Crippen LogP contribution in [-0.2, 0) is 0 Å². The van der Waals surface area contributed by atoms with Gasteiger partial charge in [-0.3, -0.25) is 0 Å². The zero-order chi connectivity index (χ0) is 17.9. The van der Waals surface area contributed by atoms with Gasteiger partial charge in [0.1, 0.15) is 0 Å². The fourth-order valence-corrected chi connectivity index (χ4v) is 13.9. The van der Waals surface area contributed by atoms with Crippen LogP contribution in [0.25, 0.3) is 0 Å². The molecule has 0 radical (unpaired) electrons. The molecule has 1 unspecified atom stereocenters. The van der Waals surface area contributed by atoms with Crippen LogP contribution in [0.1, 0.15) is 13.8 Å². The zero-order valence-corrected chi connectivity index (χ0v) is 17.9. The summed E-state index contributed by atoms with van der Waals surface area (Å²) in [7, 11) is -0.489. The molecule has 0 bridgehead atoms. The van der Waals surface area contributed by atoms with E-state index >= 15 is 0 Å². The summed E-state index contributed by atoms with van der Waals surface area (Å²) in [5.41, 5.74) is 3.00. The van der Waals surface area contributed by atoms with Gasteiger partial charge in [0, 0.05) is 0 Å². The zero-order valence-electron chi connectivity index (χ0n) is 15.1. The number of hydrogen-bond donors (Lipinski definition) is 0. The van der Waals surface area contributed by atoms with E-state index in [2.05, 4.69) is 110 Å². The van der Waals surface area contributed by atoms with Crippen molar-refractivity contribution >= 4 is 37.5 Å². The van der Waals surface area contributed by atoms with Gasteiger partial charge in [-0.15, -0.1) is 0 Å². The van der Waals surface area contributed by atoms with Crippen LogP contribution < -0.4 is 15.0 Å². The third-order valence-corrected chi connectivity index (χ3v) is 14.3. The fourth-order valence-electron chi connectivity index (χ4n) is 3.32. The van der Waals surface area contributed by atoms with E-state index in [0.717, 1.165) is 0 Å². The standard InChI is InChI=1S/C24H22AsP/c1-19-18-25(21-12-6-3-7-13-21)24(20(19)2)26(22-14-8-4-9-15-22)23-16-10-5-11-17-23/h3-18H,1-2H3. The van der Waals surface area contributed by atoms with Gasteiger partial charge >= 0.3 is 162 Å². The summed E-state index contributed by atoms with van der Waals surface area (Å²) in [5.74, 6) is 0. The molecule has 0 spiro atoms. The Morgan fingerprint density at radius 1 is 0.615 bits per heavy atom. The molecule has 4 rings (SSSR count). The van der Waals surface area contributed by atoms with Gasteiger partial charge in [0.25, 0.3) is 0 Å². The first kappa shape index (κ1) is 17.5. The number of rotatable bonds is 4. The monoisotopic (exact) mass is 416 g/mol. The fraction of sp³-hybridized carbons (Fsp3) is 0.0833. The van der Waals surface area contributed by atoms with Crippen molar-refractivity contribution in [2.24, 2.45) is 0 Å². The Morgan fingerprint density at radius 3 is 1.58 bits per heavy atom. The second-order valence-electron chi connectivity index (χ2n) is 6.47. The summed E-state index contributed by atoms with van der Waals surface area (Å²) in [5, 5.41) is 2.92. The Morgan fingerprint density at radius 2 is 1.08 bits per heavy atom. The van der Waals surface area contributed by atoms with E-state index in [1.165, 1.54) is 26.1 Å². The predicted octanol–water partition coefficient (Wildman–Crippen LogP) is 4.83. The number of benzene rings is 3. The molecule has 0 aliphatic carbocycles. The predicted molar refractivity (Wildman–Crippen MR) is 117 cm³/mol. The topological polar surface area (TPSA) is 0 Å². The molecule has 0 saturated carbocycles. The molecule has 3 aromatic carbocycles. The molecule has 26 heavy (non-hydrogen) atoms. The molecule has 0 nitrogen and oxygen atoms in total. The molecule has 128 valence electrons. The second kappa shape index (κ2) is 7.79. The summed E-state index contributed by atoms with van der Waals surface area (Å²) in [6, 6.07) is 33.3. The third kappa shape index (κ3) is 3.37. The third-order valence-electron chi connectivity index (χ3n) is 4.75. The van der Waals surface area contributed by atoms with Gasteiger partial charge < -0.3 is 0 Å². The van der Waals surface area contributed by atoms with Gasteiger partial charge in [-0.2, -0.15) is 0 Å². The van der Waals surface area contributed by atoms with Crippen LogP contribution in [0.5, 0.6) is 0 Å². The van der Waals surface area contributed by atoms with Crippen LogP contribution in [-0.4, -0.2) is 14.7 Å². The van der Waals surface area contributed by atoms with Gasteiger partial charge in [0.2, 0.25) is 0 Å². The molecule has 2 heteroatoms. The van der Waals surface area contributed by atoms with E-state index in [1.54, 1.807) is 4.10 Å². The Balaban J connectivity index is 1.90. The molecule has 1 heterocycles. The van der Waals surface area contributed by atoms with Crippen molar-refractivity contribution in [1.82, 2.24) is 0 Å². The van der Waals surface area contributed by atoms with Crippen molar-refractivity contribution in [1.29, 1.82) is 0 Å². The first-order valence-electron chi connectivity index (χ1n) is 8.90. The molecule has 0 aromatic heterocycles. The maximum atomic E-state index is 2.59. The van der Waals surface area contributed by atoms with Gasteiger partial charge in [-0.05, 0) is 0 Å². The van der Waals surface area contributed by atoms with Gasteiger partial charge in [0.15, 0.2) is 0 Å². The van der Waals surface area contributed by atoms with Gasteiger partial charge in [-0.1, -0.05) is 0 Å². The van der Waals surface area contributed by atoms with E-state index in [0.29, 0.717) is 0 Å². The van der Waals surface area contributed by atoms with Crippen molar-refractivity contribution < 1.29 is 0 Å². The summed E-state index contributed by atoms with van der Waals surface area (Å²) in [6.45, 7) is 4.62.